The van der Waals surface area contributed by atoms with Crippen molar-refractivity contribution in [2.45, 2.75) is 25.7 Å². The molecule has 2 aliphatic heterocycles. The monoisotopic (exact) mass is 283 g/mol. The lowest BCUT2D eigenvalue weighted by Gasteiger charge is -2.35. The Morgan fingerprint density at radius 1 is 1.05 bits per heavy atom. The highest BCUT2D eigenvalue weighted by Crippen LogP contribution is 2.19. The summed E-state index contributed by atoms with van der Waals surface area (Å²) in [4.78, 5) is 15.3. The Kier molecular flexibility index (Phi) is 7.33. The van der Waals surface area contributed by atoms with Gasteiger partial charge in [0.05, 0.1) is 0 Å². The van der Waals surface area contributed by atoms with Crippen molar-refractivity contribution in [3.05, 3.63) is 0 Å². The molecule has 0 radical (unpaired) electrons. The highest BCUT2D eigenvalue weighted by molar-refractivity contribution is 5.45. The summed E-state index contributed by atoms with van der Waals surface area (Å²) in [5.74, 6) is 0.885. The molecule has 2 aliphatic rings. The van der Waals surface area contributed by atoms with E-state index in [2.05, 4.69) is 15.1 Å². The van der Waals surface area contributed by atoms with Crippen LogP contribution in [0.15, 0.2) is 0 Å². The van der Waals surface area contributed by atoms with E-state index in [1.165, 1.54) is 52.0 Å². The molecule has 5 nitrogen and oxygen atoms in total. The Hall–Kier alpha value is -0.650. The largest absolute Gasteiger partial charge is 0.381 e. The van der Waals surface area contributed by atoms with Crippen LogP contribution >= 0.6 is 0 Å². The third-order valence-electron chi connectivity index (χ3n) is 4.54. The van der Waals surface area contributed by atoms with E-state index in [9.17, 15) is 4.79 Å². The van der Waals surface area contributed by atoms with Crippen LogP contribution in [0.2, 0.25) is 0 Å². The zero-order chi connectivity index (χ0) is 14.0. The molecule has 1 amide bonds. The Morgan fingerprint density at radius 2 is 1.70 bits per heavy atom. The molecule has 0 aliphatic carbocycles. The van der Waals surface area contributed by atoms with Crippen molar-refractivity contribution in [2.75, 3.05) is 59.0 Å². The molecule has 0 bridgehead atoms. The molecular formula is C15H29N3O2. The number of rotatable bonds is 8. The van der Waals surface area contributed by atoms with Crippen molar-refractivity contribution in [3.8, 4) is 0 Å². The zero-order valence-electron chi connectivity index (χ0n) is 12.6. The predicted molar refractivity (Wildman–Crippen MR) is 79.7 cm³/mol. The number of hydrogen-bond donors (Lipinski definition) is 1. The molecule has 0 unspecified atom stereocenters. The number of nitrogens with one attached hydrogen (secondary N) is 1. The van der Waals surface area contributed by atoms with Crippen LogP contribution < -0.4 is 5.32 Å². The maximum Gasteiger partial charge on any atom is 0.207 e. The second-order valence-corrected chi connectivity index (χ2v) is 5.95. The molecule has 0 saturated carbocycles. The van der Waals surface area contributed by atoms with Gasteiger partial charge in [-0.2, -0.15) is 0 Å². The number of nitrogens with zero attached hydrogens (tertiary/aromatic N) is 2. The van der Waals surface area contributed by atoms with Crippen LogP contribution in [0.4, 0.5) is 0 Å². The fourth-order valence-electron chi connectivity index (χ4n) is 3.10. The van der Waals surface area contributed by atoms with E-state index < -0.39 is 0 Å². The Labute approximate surface area is 122 Å². The van der Waals surface area contributed by atoms with E-state index in [-0.39, 0.29) is 0 Å². The lowest BCUT2D eigenvalue weighted by Crippen LogP contribution is -2.47. The third kappa shape index (κ3) is 5.77. The second kappa shape index (κ2) is 9.32. The highest BCUT2D eigenvalue weighted by atomic mass is 16.5. The second-order valence-electron chi connectivity index (χ2n) is 5.95. The van der Waals surface area contributed by atoms with Crippen molar-refractivity contribution in [3.63, 3.8) is 0 Å². The maximum absolute atomic E-state index is 10.2. The first-order valence-corrected chi connectivity index (χ1v) is 8.08. The van der Waals surface area contributed by atoms with E-state index in [0.29, 0.717) is 0 Å². The van der Waals surface area contributed by atoms with Crippen molar-refractivity contribution in [1.82, 2.24) is 15.1 Å². The van der Waals surface area contributed by atoms with Crippen molar-refractivity contribution >= 4 is 6.41 Å². The first kappa shape index (κ1) is 15.7. The van der Waals surface area contributed by atoms with Gasteiger partial charge in [-0.25, -0.2) is 0 Å². The molecule has 0 aromatic heterocycles. The Balaban J connectivity index is 1.51. The van der Waals surface area contributed by atoms with Gasteiger partial charge in [-0.1, -0.05) is 0 Å². The van der Waals surface area contributed by atoms with Gasteiger partial charge in [-0.15, -0.1) is 0 Å². The normalized spacial score (nSPS) is 22.8. The molecule has 0 aromatic rings. The minimum atomic E-state index is 0.786. The molecule has 2 rings (SSSR count). The molecule has 0 atom stereocenters. The van der Waals surface area contributed by atoms with Gasteiger partial charge in [0.25, 0.3) is 0 Å². The molecule has 2 fully saturated rings. The van der Waals surface area contributed by atoms with Gasteiger partial charge in [0.2, 0.25) is 6.41 Å². The quantitative estimate of drug-likeness (QED) is 0.522. The Bertz CT molecular complexity index is 262. The van der Waals surface area contributed by atoms with Crippen molar-refractivity contribution in [2.24, 2.45) is 5.92 Å². The summed E-state index contributed by atoms with van der Waals surface area (Å²) in [5.41, 5.74) is 0. The zero-order valence-corrected chi connectivity index (χ0v) is 12.6. The fraction of sp³-hybridized carbons (Fsp3) is 0.933. The van der Waals surface area contributed by atoms with Gasteiger partial charge >= 0.3 is 0 Å². The number of amides is 1. The van der Waals surface area contributed by atoms with E-state index in [1.54, 1.807) is 0 Å². The standard InChI is InChI=1S/C15H29N3O2/c19-14-16-5-1-6-17-8-10-18(11-9-17)7-2-15-3-12-20-13-4-15/h14-15H,1-13H2,(H,16,19). The molecule has 2 heterocycles. The van der Waals surface area contributed by atoms with Crippen LogP contribution in [0.25, 0.3) is 0 Å². The number of ether oxygens (including phenoxy) is 1. The highest BCUT2D eigenvalue weighted by Gasteiger charge is 2.19. The van der Waals surface area contributed by atoms with E-state index in [4.69, 9.17) is 4.74 Å². The van der Waals surface area contributed by atoms with Crippen LogP contribution in [0.5, 0.6) is 0 Å². The summed E-state index contributed by atoms with van der Waals surface area (Å²) in [5, 5.41) is 2.73. The van der Waals surface area contributed by atoms with Gasteiger partial charge in [-0.05, 0) is 44.7 Å². The molecule has 1 N–H and O–H groups in total. The van der Waals surface area contributed by atoms with Gasteiger partial charge in [0, 0.05) is 45.9 Å². The van der Waals surface area contributed by atoms with Crippen molar-refractivity contribution < 1.29 is 9.53 Å². The SMILES string of the molecule is O=CNCCCN1CCN(CCC2CCOCC2)CC1. The van der Waals surface area contributed by atoms with E-state index >= 15 is 0 Å². The lowest BCUT2D eigenvalue weighted by molar-refractivity contribution is -0.109. The third-order valence-corrected chi connectivity index (χ3v) is 4.54. The summed E-state index contributed by atoms with van der Waals surface area (Å²) in [6.45, 7) is 9.84. The lowest BCUT2D eigenvalue weighted by atomic mass is 9.96. The van der Waals surface area contributed by atoms with Crippen LogP contribution in [0.3, 0.4) is 0 Å². The predicted octanol–water partition coefficient (Wildman–Crippen LogP) is 0.557. The van der Waals surface area contributed by atoms with Crippen LogP contribution in [0, 0.1) is 5.92 Å². The number of carbonyl (C=O) groups excluding carboxylic acids is 1. The maximum atomic E-state index is 10.2. The van der Waals surface area contributed by atoms with Crippen LogP contribution in [-0.2, 0) is 9.53 Å². The average molecular weight is 283 g/mol. The molecule has 0 aromatic carbocycles. The molecule has 116 valence electrons. The molecule has 20 heavy (non-hydrogen) atoms. The molecule has 5 heteroatoms. The average Bonchev–Trinajstić information content (AvgIpc) is 2.52. The minimum Gasteiger partial charge on any atom is -0.381 e. The van der Waals surface area contributed by atoms with E-state index in [1.807, 2.05) is 0 Å². The van der Waals surface area contributed by atoms with Crippen molar-refractivity contribution in [1.29, 1.82) is 0 Å². The number of hydrogen-bond acceptors (Lipinski definition) is 4. The van der Waals surface area contributed by atoms with Gasteiger partial charge in [-0.3, -0.25) is 4.79 Å². The first-order valence-electron chi connectivity index (χ1n) is 8.08. The van der Waals surface area contributed by atoms with Gasteiger partial charge < -0.3 is 19.9 Å². The number of piperazine rings is 1. The summed E-state index contributed by atoms with van der Waals surface area (Å²) >= 11 is 0. The fourth-order valence-corrected chi connectivity index (χ4v) is 3.10. The molecule has 2 saturated heterocycles. The smallest absolute Gasteiger partial charge is 0.207 e. The minimum absolute atomic E-state index is 0.786. The molecule has 0 spiro atoms. The summed E-state index contributed by atoms with van der Waals surface area (Å²) in [7, 11) is 0. The molecular weight excluding hydrogens is 254 g/mol. The van der Waals surface area contributed by atoms with E-state index in [0.717, 1.165) is 45.1 Å². The Morgan fingerprint density at radius 3 is 2.35 bits per heavy atom. The van der Waals surface area contributed by atoms with Gasteiger partial charge in [0.15, 0.2) is 0 Å². The number of carbonyl (C=O) groups is 1. The summed E-state index contributed by atoms with van der Waals surface area (Å²) in [6, 6.07) is 0. The van der Waals surface area contributed by atoms with Gasteiger partial charge in [0.1, 0.15) is 0 Å². The topological polar surface area (TPSA) is 44.8 Å². The summed E-state index contributed by atoms with van der Waals surface area (Å²) in [6.07, 6.45) is 5.69. The van der Waals surface area contributed by atoms with Crippen LogP contribution in [0.1, 0.15) is 25.7 Å². The summed E-state index contributed by atoms with van der Waals surface area (Å²) < 4.78 is 5.41. The first-order chi connectivity index (χ1) is 9.88. The van der Waals surface area contributed by atoms with Crippen LogP contribution in [-0.4, -0.2) is 75.2 Å².